The quantitative estimate of drug-likeness (QED) is 0.286. The molecule has 10 nitrogen and oxygen atoms in total. The molecule has 2 aromatic rings. The Balaban J connectivity index is 1.79. The van der Waals surface area contributed by atoms with E-state index in [9.17, 15) is 9.59 Å². The Hall–Kier alpha value is -2.40. The molecular formula is C18H26N6O4S. The van der Waals surface area contributed by atoms with E-state index in [0.717, 1.165) is 36.5 Å². The number of esters is 1. The highest BCUT2D eigenvalue weighted by molar-refractivity contribution is 7.99. The van der Waals surface area contributed by atoms with E-state index >= 15 is 0 Å². The third-order valence-electron chi connectivity index (χ3n) is 4.27. The van der Waals surface area contributed by atoms with Crippen molar-refractivity contribution in [1.82, 2.24) is 25.1 Å². The van der Waals surface area contributed by atoms with Crippen LogP contribution in [-0.4, -0.2) is 76.8 Å². The Morgan fingerprint density at radius 2 is 2.07 bits per heavy atom. The number of hydrogen-bond acceptors (Lipinski definition) is 9. The van der Waals surface area contributed by atoms with Gasteiger partial charge >= 0.3 is 11.9 Å². The highest BCUT2D eigenvalue weighted by Crippen LogP contribution is 2.28. The average molecular weight is 423 g/mol. The molecule has 2 aromatic heterocycles. The Labute approximate surface area is 173 Å². The van der Waals surface area contributed by atoms with E-state index in [1.165, 1.54) is 0 Å². The number of amides is 1. The van der Waals surface area contributed by atoms with Crippen molar-refractivity contribution >= 4 is 40.5 Å². The third kappa shape index (κ3) is 5.36. The van der Waals surface area contributed by atoms with Crippen LogP contribution in [0.25, 0.3) is 11.0 Å². The standard InChI is InChI=1S/C18H26N6O4S/c1-3-11-29-18-21-14(23-7-9-27-10-8-23)13-12-20-24(15(13)22-18)6-5-19-16(25)17(26)28-4-2/h12H,3-11H2,1-2H3,(H,19,25). The van der Waals surface area contributed by atoms with Gasteiger partial charge < -0.3 is 19.7 Å². The number of fused-ring (bicyclic) bond motifs is 1. The predicted octanol–water partition coefficient (Wildman–Crippen LogP) is 0.844. The molecule has 0 saturated carbocycles. The summed E-state index contributed by atoms with van der Waals surface area (Å²) in [5.41, 5.74) is 0.713. The van der Waals surface area contributed by atoms with Gasteiger partial charge in [0.2, 0.25) is 0 Å². The second-order valence-corrected chi connectivity index (χ2v) is 7.42. The van der Waals surface area contributed by atoms with Crippen LogP contribution in [0.3, 0.4) is 0 Å². The predicted molar refractivity (Wildman–Crippen MR) is 109 cm³/mol. The lowest BCUT2D eigenvalue weighted by molar-refractivity contribution is -0.154. The van der Waals surface area contributed by atoms with Crippen molar-refractivity contribution in [2.45, 2.75) is 32.0 Å². The topological polar surface area (TPSA) is 111 Å². The smallest absolute Gasteiger partial charge is 0.396 e. The second-order valence-electron chi connectivity index (χ2n) is 6.36. The third-order valence-corrected chi connectivity index (χ3v) is 5.32. The molecule has 3 rings (SSSR count). The molecule has 0 spiro atoms. The zero-order valence-corrected chi connectivity index (χ0v) is 17.5. The van der Waals surface area contributed by atoms with E-state index in [1.54, 1.807) is 29.6 Å². The van der Waals surface area contributed by atoms with Gasteiger partial charge in [0, 0.05) is 25.4 Å². The Morgan fingerprint density at radius 1 is 1.28 bits per heavy atom. The van der Waals surface area contributed by atoms with Gasteiger partial charge in [-0.3, -0.25) is 4.79 Å². The summed E-state index contributed by atoms with van der Waals surface area (Å²) in [6.07, 6.45) is 2.78. The zero-order valence-electron chi connectivity index (χ0n) is 16.7. The molecule has 1 N–H and O–H groups in total. The molecule has 1 aliphatic heterocycles. The summed E-state index contributed by atoms with van der Waals surface area (Å²) in [6.45, 7) is 7.42. The van der Waals surface area contributed by atoms with Crippen molar-refractivity contribution < 1.29 is 19.1 Å². The number of anilines is 1. The molecule has 1 aliphatic rings. The number of aromatic nitrogens is 4. The molecule has 158 valence electrons. The van der Waals surface area contributed by atoms with E-state index in [-0.39, 0.29) is 13.2 Å². The lowest BCUT2D eigenvalue weighted by Crippen LogP contribution is -2.37. The molecule has 11 heteroatoms. The van der Waals surface area contributed by atoms with E-state index < -0.39 is 11.9 Å². The maximum atomic E-state index is 11.7. The van der Waals surface area contributed by atoms with Gasteiger partial charge in [-0.15, -0.1) is 0 Å². The minimum absolute atomic E-state index is 0.162. The number of thioether (sulfide) groups is 1. The second kappa shape index (κ2) is 10.4. The Kier molecular flexibility index (Phi) is 7.64. The van der Waals surface area contributed by atoms with Gasteiger partial charge in [0.05, 0.1) is 37.9 Å². The van der Waals surface area contributed by atoms with Crippen molar-refractivity contribution in [3.63, 3.8) is 0 Å². The summed E-state index contributed by atoms with van der Waals surface area (Å²) < 4.78 is 11.9. The van der Waals surface area contributed by atoms with Crippen molar-refractivity contribution in [3.8, 4) is 0 Å². The summed E-state index contributed by atoms with van der Waals surface area (Å²) in [7, 11) is 0. The molecule has 29 heavy (non-hydrogen) atoms. The van der Waals surface area contributed by atoms with Gasteiger partial charge in [0.1, 0.15) is 5.82 Å². The molecule has 0 aromatic carbocycles. The average Bonchev–Trinajstić information content (AvgIpc) is 3.15. The maximum Gasteiger partial charge on any atom is 0.396 e. The molecule has 0 bridgehead atoms. The molecule has 1 amide bonds. The number of morpholine rings is 1. The monoisotopic (exact) mass is 422 g/mol. The lowest BCUT2D eigenvalue weighted by atomic mass is 10.3. The van der Waals surface area contributed by atoms with E-state index in [0.29, 0.717) is 30.6 Å². The fourth-order valence-corrected chi connectivity index (χ4v) is 3.59. The van der Waals surface area contributed by atoms with E-state index in [4.69, 9.17) is 9.72 Å². The summed E-state index contributed by atoms with van der Waals surface area (Å²) >= 11 is 1.61. The normalized spacial score (nSPS) is 14.2. The van der Waals surface area contributed by atoms with Gasteiger partial charge in [-0.25, -0.2) is 19.4 Å². The zero-order chi connectivity index (χ0) is 20.6. The van der Waals surface area contributed by atoms with Gasteiger partial charge in [0.25, 0.3) is 0 Å². The molecule has 0 radical (unpaired) electrons. The van der Waals surface area contributed by atoms with Crippen LogP contribution in [0.5, 0.6) is 0 Å². The van der Waals surface area contributed by atoms with Crippen LogP contribution >= 0.6 is 11.8 Å². The minimum atomic E-state index is -0.881. The highest BCUT2D eigenvalue weighted by atomic mass is 32.2. The summed E-state index contributed by atoms with van der Waals surface area (Å²) in [5, 5.41) is 8.55. The summed E-state index contributed by atoms with van der Waals surface area (Å²) in [5.74, 6) is 0.149. The van der Waals surface area contributed by atoms with Crippen LogP contribution in [0.1, 0.15) is 20.3 Å². The number of hydrogen-bond donors (Lipinski definition) is 1. The molecular weight excluding hydrogens is 396 g/mol. The molecule has 0 atom stereocenters. The molecule has 0 aliphatic carbocycles. The van der Waals surface area contributed by atoms with E-state index in [1.807, 2.05) is 0 Å². The molecule has 0 unspecified atom stereocenters. The number of nitrogens with one attached hydrogen (secondary N) is 1. The molecule has 1 saturated heterocycles. The summed E-state index contributed by atoms with van der Waals surface area (Å²) in [4.78, 5) is 34.8. The Morgan fingerprint density at radius 3 is 2.79 bits per heavy atom. The molecule has 3 heterocycles. The van der Waals surface area contributed by atoms with Crippen LogP contribution in [0.4, 0.5) is 5.82 Å². The van der Waals surface area contributed by atoms with Gasteiger partial charge in [-0.05, 0) is 13.3 Å². The van der Waals surface area contributed by atoms with Crippen LogP contribution in [0.2, 0.25) is 0 Å². The fraction of sp³-hybridized carbons (Fsp3) is 0.611. The number of rotatable bonds is 8. The van der Waals surface area contributed by atoms with Crippen LogP contribution < -0.4 is 10.2 Å². The highest BCUT2D eigenvalue weighted by Gasteiger charge is 2.20. The van der Waals surface area contributed by atoms with Crippen molar-refractivity contribution in [2.75, 3.05) is 50.1 Å². The largest absolute Gasteiger partial charge is 0.459 e. The van der Waals surface area contributed by atoms with Gasteiger partial charge in [-0.2, -0.15) is 5.10 Å². The number of carbonyl (C=O) groups excluding carboxylic acids is 2. The number of ether oxygens (including phenoxy) is 2. The minimum Gasteiger partial charge on any atom is -0.459 e. The fourth-order valence-electron chi connectivity index (χ4n) is 2.90. The Bertz CT molecular complexity index is 852. The number of carbonyl (C=O) groups is 2. The van der Waals surface area contributed by atoms with Crippen molar-refractivity contribution in [1.29, 1.82) is 0 Å². The van der Waals surface area contributed by atoms with Crippen molar-refractivity contribution in [3.05, 3.63) is 6.20 Å². The van der Waals surface area contributed by atoms with Crippen LogP contribution in [0, 0.1) is 0 Å². The first kappa shape index (κ1) is 21.3. The van der Waals surface area contributed by atoms with Gasteiger partial charge in [-0.1, -0.05) is 18.7 Å². The van der Waals surface area contributed by atoms with Gasteiger partial charge in [0.15, 0.2) is 10.8 Å². The van der Waals surface area contributed by atoms with E-state index in [2.05, 4.69) is 32.0 Å². The lowest BCUT2D eigenvalue weighted by Gasteiger charge is -2.28. The SMILES string of the molecule is CCCSc1nc(N2CCOCC2)c2cnn(CCNC(=O)C(=O)OCC)c2n1. The number of nitrogens with zero attached hydrogens (tertiary/aromatic N) is 5. The van der Waals surface area contributed by atoms with Crippen molar-refractivity contribution in [2.24, 2.45) is 0 Å². The van der Waals surface area contributed by atoms with Crippen LogP contribution in [0.15, 0.2) is 11.4 Å². The first-order chi connectivity index (χ1) is 14.1. The van der Waals surface area contributed by atoms with Crippen LogP contribution in [-0.2, 0) is 25.6 Å². The maximum absolute atomic E-state index is 11.7. The molecule has 1 fully saturated rings. The first-order valence-corrected chi connectivity index (χ1v) is 10.8. The first-order valence-electron chi connectivity index (χ1n) is 9.78. The summed E-state index contributed by atoms with van der Waals surface area (Å²) in [6, 6.07) is 0.